The number of carbonyl (C=O) groups excluding carboxylic acids is 1. The molecule has 0 bridgehead atoms. The van der Waals surface area contributed by atoms with Crippen LogP contribution in [0.15, 0.2) is 12.3 Å². The third kappa shape index (κ3) is 3.05. The highest BCUT2D eigenvalue weighted by atomic mass is 16.1. The van der Waals surface area contributed by atoms with Crippen molar-refractivity contribution in [3.63, 3.8) is 0 Å². The second-order valence-electron chi connectivity index (χ2n) is 5.56. The van der Waals surface area contributed by atoms with Crippen molar-refractivity contribution in [1.82, 2.24) is 20.1 Å². The Kier molecular flexibility index (Phi) is 4.27. The molecule has 0 atom stereocenters. The van der Waals surface area contributed by atoms with Gasteiger partial charge in [-0.3, -0.25) is 9.48 Å². The number of aryl methyl sites for hydroxylation is 2. The second-order valence-corrected chi connectivity index (χ2v) is 5.56. The van der Waals surface area contributed by atoms with E-state index in [1.807, 2.05) is 33.9 Å². The fraction of sp³-hybridized carbons (Fsp3) is 0.533. The van der Waals surface area contributed by atoms with Gasteiger partial charge in [-0.1, -0.05) is 13.8 Å². The minimum absolute atomic E-state index is 0.149. The molecule has 0 radical (unpaired) electrons. The van der Waals surface area contributed by atoms with Gasteiger partial charge in [0.25, 0.3) is 5.91 Å². The number of amides is 1. The van der Waals surface area contributed by atoms with Crippen LogP contribution in [0.3, 0.4) is 0 Å². The van der Waals surface area contributed by atoms with Crippen LogP contribution in [-0.4, -0.2) is 32.8 Å². The van der Waals surface area contributed by atoms with Gasteiger partial charge in [0, 0.05) is 30.7 Å². The van der Waals surface area contributed by atoms with Crippen LogP contribution in [0, 0.1) is 6.92 Å². The van der Waals surface area contributed by atoms with Gasteiger partial charge >= 0.3 is 0 Å². The number of carbonyl (C=O) groups is 1. The first-order chi connectivity index (χ1) is 9.90. The van der Waals surface area contributed by atoms with Gasteiger partial charge in [0.15, 0.2) is 5.65 Å². The number of fused-ring (bicyclic) bond motifs is 1. The number of nitrogens with two attached hydrogens (primary N) is 1. The van der Waals surface area contributed by atoms with Gasteiger partial charge in [0.05, 0.1) is 11.3 Å². The van der Waals surface area contributed by atoms with Gasteiger partial charge in [-0.2, -0.15) is 5.10 Å². The van der Waals surface area contributed by atoms with Gasteiger partial charge in [0.1, 0.15) is 0 Å². The molecule has 2 rings (SSSR count). The maximum Gasteiger partial charge on any atom is 0.252 e. The second kappa shape index (κ2) is 5.81. The van der Waals surface area contributed by atoms with Crippen LogP contribution in [-0.2, 0) is 7.05 Å². The highest BCUT2D eigenvalue weighted by molar-refractivity contribution is 5.97. The molecule has 2 heterocycles. The Hall–Kier alpha value is -1.95. The Morgan fingerprint density at radius 2 is 2.10 bits per heavy atom. The Bertz CT molecular complexity index is 657. The predicted molar refractivity (Wildman–Crippen MR) is 83.1 cm³/mol. The predicted octanol–water partition coefficient (Wildman–Crippen LogP) is 1.52. The summed E-state index contributed by atoms with van der Waals surface area (Å²) in [6.07, 6.45) is 3.22. The first-order valence-electron chi connectivity index (χ1n) is 7.26. The summed E-state index contributed by atoms with van der Waals surface area (Å²) < 4.78 is 1.71. The first kappa shape index (κ1) is 15.4. The van der Waals surface area contributed by atoms with Crippen molar-refractivity contribution in [1.29, 1.82) is 0 Å². The molecule has 114 valence electrons. The van der Waals surface area contributed by atoms with Crippen molar-refractivity contribution in [3.05, 3.63) is 23.5 Å². The molecular formula is C15H23N5O. The van der Waals surface area contributed by atoms with Crippen molar-refractivity contribution in [2.75, 3.05) is 6.54 Å². The van der Waals surface area contributed by atoms with Crippen LogP contribution < -0.4 is 11.1 Å². The minimum Gasteiger partial charge on any atom is -0.350 e. The van der Waals surface area contributed by atoms with E-state index in [-0.39, 0.29) is 11.4 Å². The molecule has 0 aliphatic rings. The van der Waals surface area contributed by atoms with Crippen LogP contribution in [0.1, 0.15) is 42.7 Å². The lowest BCUT2D eigenvalue weighted by atomic mass is 9.94. The smallest absolute Gasteiger partial charge is 0.252 e. The monoisotopic (exact) mass is 289 g/mol. The van der Waals surface area contributed by atoms with E-state index in [4.69, 9.17) is 5.73 Å². The maximum absolute atomic E-state index is 12.3. The fourth-order valence-electron chi connectivity index (χ4n) is 2.29. The number of nitrogens with one attached hydrogen (secondary N) is 1. The Morgan fingerprint density at radius 1 is 1.43 bits per heavy atom. The molecule has 0 aliphatic heterocycles. The number of rotatable bonds is 5. The van der Waals surface area contributed by atoms with Gasteiger partial charge in [-0.25, -0.2) is 4.98 Å². The van der Waals surface area contributed by atoms with E-state index < -0.39 is 0 Å². The number of nitrogens with zero attached hydrogens (tertiary/aromatic N) is 3. The molecule has 1 amide bonds. The Morgan fingerprint density at radius 3 is 2.71 bits per heavy atom. The van der Waals surface area contributed by atoms with E-state index in [1.165, 1.54) is 0 Å². The van der Waals surface area contributed by atoms with Gasteiger partial charge in [-0.15, -0.1) is 0 Å². The molecule has 0 saturated carbocycles. The van der Waals surface area contributed by atoms with Crippen LogP contribution in [0.4, 0.5) is 0 Å². The van der Waals surface area contributed by atoms with Crippen LogP contribution >= 0.6 is 0 Å². The van der Waals surface area contributed by atoms with E-state index in [9.17, 15) is 4.79 Å². The zero-order chi connectivity index (χ0) is 15.6. The molecule has 0 aromatic carbocycles. The molecule has 2 aromatic rings. The molecule has 21 heavy (non-hydrogen) atoms. The third-order valence-electron chi connectivity index (χ3n) is 4.13. The molecule has 2 aromatic heterocycles. The average Bonchev–Trinajstić information content (AvgIpc) is 2.79. The summed E-state index contributed by atoms with van der Waals surface area (Å²) in [4.78, 5) is 16.6. The topological polar surface area (TPSA) is 85.8 Å². The third-order valence-corrected chi connectivity index (χ3v) is 4.13. The summed E-state index contributed by atoms with van der Waals surface area (Å²) in [5, 5.41) is 8.10. The summed E-state index contributed by atoms with van der Waals surface area (Å²) in [6, 6.07) is 1.83. The van der Waals surface area contributed by atoms with E-state index in [0.29, 0.717) is 12.1 Å². The molecule has 3 N–H and O–H groups in total. The molecule has 0 unspecified atom stereocenters. The van der Waals surface area contributed by atoms with Crippen LogP contribution in [0.2, 0.25) is 0 Å². The SMILES string of the molecule is CCC(N)(CC)CNC(=O)c1cnc2c(c1)c(C)nn2C. The first-order valence-corrected chi connectivity index (χ1v) is 7.26. The standard InChI is InChI=1S/C15H23N5O/c1-5-15(16,6-2)9-18-14(21)11-7-12-10(3)19-20(4)13(12)17-8-11/h7-8H,5-6,9,16H2,1-4H3,(H,18,21). The summed E-state index contributed by atoms with van der Waals surface area (Å²) in [5.41, 5.74) is 8.03. The molecule has 0 aliphatic carbocycles. The molecule has 0 spiro atoms. The highest BCUT2D eigenvalue weighted by Crippen LogP contribution is 2.16. The summed E-state index contributed by atoms with van der Waals surface area (Å²) in [5.74, 6) is -0.149. The molecular weight excluding hydrogens is 266 g/mol. The number of hydrogen-bond acceptors (Lipinski definition) is 4. The zero-order valence-corrected chi connectivity index (χ0v) is 13.1. The van der Waals surface area contributed by atoms with Crippen LogP contribution in [0.5, 0.6) is 0 Å². The normalized spacial score (nSPS) is 11.9. The van der Waals surface area contributed by atoms with Crippen molar-refractivity contribution in [2.45, 2.75) is 39.2 Å². The van der Waals surface area contributed by atoms with Crippen molar-refractivity contribution < 1.29 is 4.79 Å². The van der Waals surface area contributed by atoms with Crippen molar-refractivity contribution >= 4 is 16.9 Å². The highest BCUT2D eigenvalue weighted by Gasteiger charge is 2.21. The Balaban J connectivity index is 2.18. The van der Waals surface area contributed by atoms with E-state index in [2.05, 4.69) is 15.4 Å². The maximum atomic E-state index is 12.3. The van der Waals surface area contributed by atoms with Crippen molar-refractivity contribution in [3.8, 4) is 0 Å². The number of hydrogen-bond donors (Lipinski definition) is 2. The Labute approximate surface area is 124 Å². The van der Waals surface area contributed by atoms with E-state index in [1.54, 1.807) is 10.9 Å². The number of pyridine rings is 1. The fourth-order valence-corrected chi connectivity index (χ4v) is 2.29. The quantitative estimate of drug-likeness (QED) is 0.874. The molecule has 0 fully saturated rings. The van der Waals surface area contributed by atoms with Gasteiger partial charge in [-0.05, 0) is 25.8 Å². The van der Waals surface area contributed by atoms with Gasteiger partial charge < -0.3 is 11.1 Å². The van der Waals surface area contributed by atoms with E-state index >= 15 is 0 Å². The number of aromatic nitrogens is 3. The molecule has 0 saturated heterocycles. The minimum atomic E-state index is -0.350. The summed E-state index contributed by atoms with van der Waals surface area (Å²) >= 11 is 0. The molecule has 6 nitrogen and oxygen atoms in total. The molecule has 6 heteroatoms. The van der Waals surface area contributed by atoms with Gasteiger partial charge in [0.2, 0.25) is 0 Å². The van der Waals surface area contributed by atoms with Crippen LogP contribution in [0.25, 0.3) is 11.0 Å². The summed E-state index contributed by atoms with van der Waals surface area (Å²) in [6.45, 7) is 6.43. The van der Waals surface area contributed by atoms with Crippen molar-refractivity contribution in [2.24, 2.45) is 12.8 Å². The lowest BCUT2D eigenvalue weighted by Gasteiger charge is -2.26. The zero-order valence-electron chi connectivity index (χ0n) is 13.1. The largest absolute Gasteiger partial charge is 0.350 e. The average molecular weight is 289 g/mol. The van der Waals surface area contributed by atoms with E-state index in [0.717, 1.165) is 29.6 Å². The lowest BCUT2D eigenvalue weighted by molar-refractivity contribution is 0.0942. The lowest BCUT2D eigenvalue weighted by Crippen LogP contribution is -2.49. The summed E-state index contributed by atoms with van der Waals surface area (Å²) in [7, 11) is 1.84.